The number of methoxy groups -OCH3 is 1. The van der Waals surface area contributed by atoms with E-state index in [1.807, 2.05) is 28.8 Å². The number of carbonyl (C=O) groups is 1. The fourth-order valence-corrected chi connectivity index (χ4v) is 3.75. The zero-order valence-corrected chi connectivity index (χ0v) is 18.1. The quantitative estimate of drug-likeness (QED) is 0.522. The highest BCUT2D eigenvalue weighted by Gasteiger charge is 2.17. The van der Waals surface area contributed by atoms with Gasteiger partial charge in [0.1, 0.15) is 5.75 Å². The third kappa shape index (κ3) is 5.31. The molecule has 0 saturated heterocycles. The van der Waals surface area contributed by atoms with Crippen LogP contribution in [0, 0.1) is 0 Å². The van der Waals surface area contributed by atoms with Gasteiger partial charge in [-0.15, -0.1) is 10.2 Å². The van der Waals surface area contributed by atoms with Crippen molar-refractivity contribution in [1.29, 1.82) is 0 Å². The van der Waals surface area contributed by atoms with E-state index in [1.54, 1.807) is 43.1 Å². The number of halogens is 1. The van der Waals surface area contributed by atoms with E-state index in [-0.39, 0.29) is 12.5 Å². The largest absolute Gasteiger partial charge is 0.497 e. The highest BCUT2D eigenvalue weighted by atomic mass is 35.5. The summed E-state index contributed by atoms with van der Waals surface area (Å²) in [6.45, 7) is 4.52. The van der Waals surface area contributed by atoms with Crippen molar-refractivity contribution in [2.24, 2.45) is 0 Å². The Bertz CT molecular complexity index is 975. The van der Waals surface area contributed by atoms with Crippen LogP contribution < -0.4 is 10.1 Å². The minimum atomic E-state index is -0.190. The van der Waals surface area contributed by atoms with E-state index in [9.17, 15) is 4.79 Å². The Morgan fingerprint density at radius 3 is 2.66 bits per heavy atom. The molecule has 2 aromatic carbocycles. The molecule has 1 N–H and O–H groups in total. The molecule has 3 rings (SSSR count). The summed E-state index contributed by atoms with van der Waals surface area (Å²) in [5, 5.41) is 13.4. The Kier molecular flexibility index (Phi) is 7.17. The predicted octanol–water partition coefficient (Wildman–Crippen LogP) is 4.75. The molecule has 6 nitrogen and oxygen atoms in total. The van der Waals surface area contributed by atoms with Gasteiger partial charge in [-0.25, -0.2) is 0 Å². The van der Waals surface area contributed by atoms with Gasteiger partial charge in [0.05, 0.1) is 19.3 Å². The third-order valence-electron chi connectivity index (χ3n) is 4.41. The van der Waals surface area contributed by atoms with Gasteiger partial charge in [0, 0.05) is 15.8 Å². The first-order chi connectivity index (χ1) is 14.0. The Morgan fingerprint density at radius 1 is 1.24 bits per heavy atom. The minimum absolute atomic E-state index is 0.190. The first-order valence-corrected chi connectivity index (χ1v) is 10.6. The summed E-state index contributed by atoms with van der Waals surface area (Å²) < 4.78 is 7.07. The van der Waals surface area contributed by atoms with E-state index < -0.39 is 0 Å². The molecule has 0 radical (unpaired) electrons. The fraction of sp³-hybridized carbons (Fsp3) is 0.286. The number of nitrogens with zero attached hydrogens (tertiary/aromatic N) is 3. The number of hydrogen-bond donors (Lipinski definition) is 1. The first kappa shape index (κ1) is 21.2. The lowest BCUT2D eigenvalue weighted by Crippen LogP contribution is -2.24. The van der Waals surface area contributed by atoms with Crippen LogP contribution >= 0.6 is 23.4 Å². The molecule has 1 aromatic heterocycles. The monoisotopic (exact) mass is 430 g/mol. The summed E-state index contributed by atoms with van der Waals surface area (Å²) >= 11 is 7.84. The van der Waals surface area contributed by atoms with Crippen molar-refractivity contribution >= 4 is 29.3 Å². The molecule has 0 spiro atoms. The second kappa shape index (κ2) is 9.80. The summed E-state index contributed by atoms with van der Waals surface area (Å²) in [5.74, 6) is 1.15. The normalized spacial score (nSPS) is 11.9. The molecular weight excluding hydrogens is 408 g/mol. The molecule has 8 heteroatoms. The van der Waals surface area contributed by atoms with Gasteiger partial charge in [0.2, 0.25) is 0 Å². The van der Waals surface area contributed by atoms with E-state index in [0.717, 1.165) is 17.3 Å². The van der Waals surface area contributed by atoms with Crippen LogP contribution in [0.3, 0.4) is 0 Å². The van der Waals surface area contributed by atoms with Crippen molar-refractivity contribution in [3.63, 3.8) is 0 Å². The molecule has 152 valence electrons. The number of nitrogens with one attached hydrogen (secondary N) is 1. The SMILES string of the molecule is CC[C@H](C)Sc1nnc(CNC(=O)c2ccc(OC)cc2)n1-c1cccc(Cl)c1. The van der Waals surface area contributed by atoms with Crippen LogP contribution in [0.1, 0.15) is 36.5 Å². The van der Waals surface area contributed by atoms with Crippen LogP contribution in [0.15, 0.2) is 53.7 Å². The van der Waals surface area contributed by atoms with Crippen LogP contribution in [0.5, 0.6) is 5.75 Å². The molecular formula is C21H23ClN4O2S. The maximum atomic E-state index is 12.5. The molecule has 0 bridgehead atoms. The Labute approximate surface area is 179 Å². The highest BCUT2D eigenvalue weighted by molar-refractivity contribution is 7.99. The molecule has 1 amide bonds. The standard InChI is InChI=1S/C21H23ClN4O2S/c1-4-14(2)29-21-25-24-19(26(21)17-7-5-6-16(22)12-17)13-23-20(27)15-8-10-18(28-3)11-9-15/h5-12,14H,4,13H2,1-3H3,(H,23,27)/t14-/m0/s1. The lowest BCUT2D eigenvalue weighted by atomic mass is 10.2. The van der Waals surface area contributed by atoms with Crippen molar-refractivity contribution in [2.75, 3.05) is 7.11 Å². The van der Waals surface area contributed by atoms with E-state index in [0.29, 0.717) is 27.4 Å². The van der Waals surface area contributed by atoms with Crippen LogP contribution in [-0.4, -0.2) is 33.0 Å². The second-order valence-electron chi connectivity index (χ2n) is 6.46. The van der Waals surface area contributed by atoms with Crippen LogP contribution in [-0.2, 0) is 6.54 Å². The van der Waals surface area contributed by atoms with Gasteiger partial charge < -0.3 is 10.1 Å². The van der Waals surface area contributed by atoms with E-state index in [2.05, 4.69) is 29.4 Å². The lowest BCUT2D eigenvalue weighted by molar-refractivity contribution is 0.0949. The molecule has 0 aliphatic heterocycles. The van der Waals surface area contributed by atoms with Crippen molar-refractivity contribution in [3.8, 4) is 11.4 Å². The number of hydrogen-bond acceptors (Lipinski definition) is 5. The maximum Gasteiger partial charge on any atom is 0.251 e. The van der Waals surface area contributed by atoms with Gasteiger partial charge in [-0.3, -0.25) is 9.36 Å². The second-order valence-corrected chi connectivity index (χ2v) is 8.30. The van der Waals surface area contributed by atoms with Gasteiger partial charge in [-0.05, 0) is 48.9 Å². The number of aromatic nitrogens is 3. The van der Waals surface area contributed by atoms with Crippen molar-refractivity contribution in [3.05, 3.63) is 64.9 Å². The molecule has 0 unspecified atom stereocenters. The Balaban J connectivity index is 1.83. The molecule has 1 heterocycles. The van der Waals surface area contributed by atoms with E-state index in [1.165, 1.54) is 0 Å². The number of amides is 1. The number of benzene rings is 2. The molecule has 0 aliphatic rings. The molecule has 3 aromatic rings. The zero-order valence-electron chi connectivity index (χ0n) is 16.6. The third-order valence-corrected chi connectivity index (χ3v) is 5.85. The summed E-state index contributed by atoms with van der Waals surface area (Å²) in [7, 11) is 1.59. The van der Waals surface area contributed by atoms with Crippen LogP contribution in [0.2, 0.25) is 5.02 Å². The fourth-order valence-electron chi connectivity index (χ4n) is 2.63. The van der Waals surface area contributed by atoms with Gasteiger partial charge in [0.15, 0.2) is 11.0 Å². The van der Waals surface area contributed by atoms with E-state index in [4.69, 9.17) is 16.3 Å². The van der Waals surface area contributed by atoms with Crippen molar-refractivity contribution in [1.82, 2.24) is 20.1 Å². The summed E-state index contributed by atoms with van der Waals surface area (Å²) in [4.78, 5) is 12.5. The number of ether oxygens (including phenoxy) is 1. The average molecular weight is 431 g/mol. The summed E-state index contributed by atoms with van der Waals surface area (Å²) in [6.07, 6.45) is 1.01. The van der Waals surface area contributed by atoms with Gasteiger partial charge in [-0.2, -0.15) is 0 Å². The van der Waals surface area contributed by atoms with Gasteiger partial charge in [0.25, 0.3) is 5.91 Å². The van der Waals surface area contributed by atoms with Crippen LogP contribution in [0.4, 0.5) is 0 Å². The smallest absolute Gasteiger partial charge is 0.251 e. The molecule has 29 heavy (non-hydrogen) atoms. The zero-order chi connectivity index (χ0) is 20.8. The molecule has 0 saturated carbocycles. The number of rotatable bonds is 8. The average Bonchev–Trinajstić information content (AvgIpc) is 3.14. The Hall–Kier alpha value is -2.51. The van der Waals surface area contributed by atoms with Crippen molar-refractivity contribution in [2.45, 2.75) is 37.2 Å². The van der Waals surface area contributed by atoms with E-state index >= 15 is 0 Å². The van der Waals surface area contributed by atoms with Gasteiger partial charge >= 0.3 is 0 Å². The summed E-state index contributed by atoms with van der Waals surface area (Å²) in [5.41, 5.74) is 1.41. The maximum absolute atomic E-state index is 12.5. The molecule has 0 aliphatic carbocycles. The Morgan fingerprint density at radius 2 is 2.00 bits per heavy atom. The highest BCUT2D eigenvalue weighted by Crippen LogP contribution is 2.28. The van der Waals surface area contributed by atoms with Crippen molar-refractivity contribution < 1.29 is 9.53 Å². The number of thioether (sulfide) groups is 1. The lowest BCUT2D eigenvalue weighted by Gasteiger charge is -2.13. The van der Waals surface area contributed by atoms with Crippen LogP contribution in [0.25, 0.3) is 5.69 Å². The van der Waals surface area contributed by atoms with Gasteiger partial charge in [-0.1, -0.05) is 43.3 Å². The topological polar surface area (TPSA) is 69.0 Å². The number of carbonyl (C=O) groups excluding carboxylic acids is 1. The molecule has 1 atom stereocenters. The predicted molar refractivity (Wildman–Crippen MR) is 116 cm³/mol. The first-order valence-electron chi connectivity index (χ1n) is 9.31. The molecule has 0 fully saturated rings. The summed E-state index contributed by atoms with van der Waals surface area (Å²) in [6, 6.07) is 14.5. The minimum Gasteiger partial charge on any atom is -0.497 e.